The number of nitrogens with one attached hydrogen (secondary N) is 3. The van der Waals surface area contributed by atoms with Crippen molar-refractivity contribution in [2.75, 3.05) is 17.2 Å². The Balaban J connectivity index is 0.00000192. The summed E-state index contributed by atoms with van der Waals surface area (Å²) in [7, 11) is 0. The van der Waals surface area contributed by atoms with Gasteiger partial charge in [-0.25, -0.2) is 0 Å². The van der Waals surface area contributed by atoms with Crippen LogP contribution in [0.3, 0.4) is 0 Å². The van der Waals surface area contributed by atoms with E-state index in [0.717, 1.165) is 37.3 Å². The molecule has 122 valence electrons. The monoisotopic (exact) mass is 331 g/mol. The fraction of sp³-hybridized carbons (Fsp3) is 0.278. The number of anilines is 2. The van der Waals surface area contributed by atoms with Gasteiger partial charge in [-0.15, -0.1) is 12.4 Å². The minimum absolute atomic E-state index is 0. The molecule has 0 aromatic heterocycles. The molecule has 1 amide bonds. The maximum atomic E-state index is 12.0. The van der Waals surface area contributed by atoms with E-state index in [4.69, 9.17) is 0 Å². The van der Waals surface area contributed by atoms with Crippen LogP contribution in [0, 0.1) is 0 Å². The zero-order valence-electron chi connectivity index (χ0n) is 12.9. The van der Waals surface area contributed by atoms with Crippen LogP contribution in [-0.4, -0.2) is 18.5 Å². The first-order valence-electron chi connectivity index (χ1n) is 7.73. The normalized spacial score (nSPS) is 16.4. The number of halogens is 1. The third-order valence-electron chi connectivity index (χ3n) is 3.87. The molecule has 5 heteroatoms. The Morgan fingerprint density at radius 2 is 1.78 bits per heavy atom. The van der Waals surface area contributed by atoms with Gasteiger partial charge in [0.15, 0.2) is 0 Å². The summed E-state index contributed by atoms with van der Waals surface area (Å²) in [5, 5.41) is 9.54. The van der Waals surface area contributed by atoms with Crippen LogP contribution < -0.4 is 16.0 Å². The summed E-state index contributed by atoms with van der Waals surface area (Å²) >= 11 is 0. The summed E-state index contributed by atoms with van der Waals surface area (Å²) in [5.41, 5.74) is 3.13. The van der Waals surface area contributed by atoms with E-state index in [1.54, 1.807) is 0 Å². The van der Waals surface area contributed by atoms with Crippen LogP contribution in [-0.2, 0) is 11.3 Å². The number of carbonyl (C=O) groups excluding carboxylic acids is 1. The van der Waals surface area contributed by atoms with Crippen molar-refractivity contribution >= 4 is 29.7 Å². The van der Waals surface area contributed by atoms with Gasteiger partial charge in [0, 0.05) is 17.9 Å². The Kier molecular flexibility index (Phi) is 6.44. The van der Waals surface area contributed by atoms with Gasteiger partial charge in [0.05, 0.1) is 6.04 Å². The van der Waals surface area contributed by atoms with Gasteiger partial charge in [0.1, 0.15) is 0 Å². The quantitative estimate of drug-likeness (QED) is 0.787. The van der Waals surface area contributed by atoms with Gasteiger partial charge >= 0.3 is 0 Å². The smallest absolute Gasteiger partial charge is 0.241 e. The highest BCUT2D eigenvalue weighted by Crippen LogP contribution is 2.14. The molecule has 0 radical (unpaired) electrons. The molecule has 0 spiro atoms. The second-order valence-corrected chi connectivity index (χ2v) is 5.55. The zero-order chi connectivity index (χ0) is 15.2. The Morgan fingerprint density at radius 1 is 1.04 bits per heavy atom. The number of hydrogen-bond acceptors (Lipinski definition) is 3. The average Bonchev–Trinajstić information content (AvgIpc) is 3.10. The van der Waals surface area contributed by atoms with Gasteiger partial charge in [-0.3, -0.25) is 4.79 Å². The van der Waals surface area contributed by atoms with Crippen molar-refractivity contribution in [3.63, 3.8) is 0 Å². The number of para-hydroxylation sites is 1. The molecular formula is C18H22ClN3O. The summed E-state index contributed by atoms with van der Waals surface area (Å²) in [5.74, 6) is 0.0626. The molecule has 1 fully saturated rings. The average molecular weight is 332 g/mol. The van der Waals surface area contributed by atoms with Crippen LogP contribution in [0.15, 0.2) is 54.6 Å². The van der Waals surface area contributed by atoms with Crippen molar-refractivity contribution in [3.8, 4) is 0 Å². The largest absolute Gasteiger partial charge is 0.381 e. The van der Waals surface area contributed by atoms with Crippen LogP contribution in [0.5, 0.6) is 0 Å². The first kappa shape index (κ1) is 17.3. The topological polar surface area (TPSA) is 53.2 Å². The molecule has 2 aromatic rings. The van der Waals surface area contributed by atoms with E-state index in [9.17, 15) is 4.79 Å². The highest BCUT2D eigenvalue weighted by Gasteiger charge is 2.21. The number of rotatable bonds is 5. The third kappa shape index (κ3) is 4.98. The molecule has 0 saturated carbocycles. The van der Waals surface area contributed by atoms with Crippen molar-refractivity contribution in [3.05, 3.63) is 60.2 Å². The van der Waals surface area contributed by atoms with E-state index >= 15 is 0 Å². The lowest BCUT2D eigenvalue weighted by molar-refractivity contribution is -0.117. The van der Waals surface area contributed by atoms with Gasteiger partial charge in [-0.05, 0) is 49.2 Å². The Hall–Kier alpha value is -2.04. The van der Waals surface area contributed by atoms with Crippen LogP contribution in [0.2, 0.25) is 0 Å². The van der Waals surface area contributed by atoms with E-state index in [2.05, 4.69) is 16.0 Å². The Morgan fingerprint density at radius 3 is 2.43 bits per heavy atom. The second kappa shape index (κ2) is 8.56. The van der Waals surface area contributed by atoms with Gasteiger partial charge in [-0.1, -0.05) is 30.3 Å². The minimum atomic E-state index is -0.0422. The van der Waals surface area contributed by atoms with E-state index in [1.807, 2.05) is 54.6 Å². The van der Waals surface area contributed by atoms with Crippen LogP contribution in [0.1, 0.15) is 18.4 Å². The summed E-state index contributed by atoms with van der Waals surface area (Å²) < 4.78 is 0. The van der Waals surface area contributed by atoms with Gasteiger partial charge in [0.25, 0.3) is 0 Å². The standard InChI is InChI=1S/C18H21N3O.ClH/c22-18(17-7-4-12-19-17)21-16-10-8-14(9-11-16)13-20-15-5-2-1-3-6-15;/h1-3,5-6,8-11,17,19-20H,4,7,12-13H2,(H,21,22);1H. The maximum absolute atomic E-state index is 12.0. The molecule has 1 aliphatic heterocycles. The summed E-state index contributed by atoms with van der Waals surface area (Å²) in [6, 6.07) is 18.1. The highest BCUT2D eigenvalue weighted by molar-refractivity contribution is 5.95. The maximum Gasteiger partial charge on any atom is 0.241 e. The lowest BCUT2D eigenvalue weighted by atomic mass is 10.1. The molecule has 1 heterocycles. The molecule has 1 saturated heterocycles. The predicted molar refractivity (Wildman–Crippen MR) is 97.1 cm³/mol. The van der Waals surface area contributed by atoms with Crippen molar-refractivity contribution in [2.45, 2.75) is 25.4 Å². The van der Waals surface area contributed by atoms with Crippen LogP contribution in [0.4, 0.5) is 11.4 Å². The number of hydrogen-bond donors (Lipinski definition) is 3. The molecule has 3 rings (SSSR count). The minimum Gasteiger partial charge on any atom is -0.381 e. The fourth-order valence-corrected chi connectivity index (χ4v) is 2.60. The highest BCUT2D eigenvalue weighted by atomic mass is 35.5. The van der Waals surface area contributed by atoms with Crippen molar-refractivity contribution in [1.82, 2.24) is 5.32 Å². The number of carbonyl (C=O) groups is 1. The molecular weight excluding hydrogens is 310 g/mol. The molecule has 1 atom stereocenters. The van der Waals surface area contributed by atoms with Gasteiger partial charge < -0.3 is 16.0 Å². The SMILES string of the molecule is Cl.O=C(Nc1ccc(CNc2ccccc2)cc1)C1CCCN1. The zero-order valence-corrected chi connectivity index (χ0v) is 13.7. The van der Waals surface area contributed by atoms with E-state index in [-0.39, 0.29) is 24.4 Å². The van der Waals surface area contributed by atoms with Crippen molar-refractivity contribution in [1.29, 1.82) is 0 Å². The summed E-state index contributed by atoms with van der Waals surface area (Å²) in [6.07, 6.45) is 1.99. The predicted octanol–water partition coefficient (Wildman–Crippen LogP) is 3.41. The Bertz CT molecular complexity index is 610. The first-order chi connectivity index (χ1) is 10.8. The fourth-order valence-electron chi connectivity index (χ4n) is 2.60. The van der Waals surface area contributed by atoms with Gasteiger partial charge in [0.2, 0.25) is 5.91 Å². The lowest BCUT2D eigenvalue weighted by Crippen LogP contribution is -2.35. The molecule has 0 bridgehead atoms. The lowest BCUT2D eigenvalue weighted by Gasteiger charge is -2.12. The van der Waals surface area contributed by atoms with E-state index in [0.29, 0.717) is 0 Å². The molecule has 1 unspecified atom stereocenters. The first-order valence-corrected chi connectivity index (χ1v) is 7.73. The summed E-state index contributed by atoms with van der Waals surface area (Å²) in [4.78, 5) is 12.0. The molecule has 3 N–H and O–H groups in total. The number of amides is 1. The van der Waals surface area contributed by atoms with E-state index in [1.165, 1.54) is 5.56 Å². The molecule has 2 aromatic carbocycles. The van der Waals surface area contributed by atoms with Crippen LogP contribution >= 0.6 is 12.4 Å². The van der Waals surface area contributed by atoms with Crippen molar-refractivity contribution in [2.24, 2.45) is 0 Å². The second-order valence-electron chi connectivity index (χ2n) is 5.55. The molecule has 1 aliphatic rings. The summed E-state index contributed by atoms with van der Waals surface area (Å²) in [6.45, 7) is 1.70. The van der Waals surface area contributed by atoms with Crippen LogP contribution in [0.25, 0.3) is 0 Å². The molecule has 0 aliphatic carbocycles. The Labute approximate surface area is 143 Å². The van der Waals surface area contributed by atoms with Crippen molar-refractivity contribution < 1.29 is 4.79 Å². The third-order valence-corrected chi connectivity index (χ3v) is 3.87. The molecule has 23 heavy (non-hydrogen) atoms. The molecule has 4 nitrogen and oxygen atoms in total. The number of benzene rings is 2. The van der Waals surface area contributed by atoms with E-state index < -0.39 is 0 Å². The van der Waals surface area contributed by atoms with Gasteiger partial charge in [-0.2, -0.15) is 0 Å².